The zero-order chi connectivity index (χ0) is 9.64. The molecule has 0 aliphatic rings. The minimum atomic E-state index is 0.755. The van der Waals surface area contributed by atoms with Gasteiger partial charge >= 0.3 is 0 Å². The molecule has 0 saturated heterocycles. The van der Waals surface area contributed by atoms with Gasteiger partial charge in [0.15, 0.2) is 5.82 Å². The minimum Gasteiger partial charge on any atom is -0.177 e. The van der Waals surface area contributed by atoms with Crippen LogP contribution in [0.5, 0.6) is 0 Å². The summed E-state index contributed by atoms with van der Waals surface area (Å²) in [5.41, 5.74) is 1.32. The molecule has 1 N–H and O–H groups in total. The van der Waals surface area contributed by atoms with Gasteiger partial charge < -0.3 is 0 Å². The van der Waals surface area contributed by atoms with Gasteiger partial charge in [-0.1, -0.05) is 35.5 Å². The van der Waals surface area contributed by atoms with Gasteiger partial charge in [-0.05, 0) is 5.56 Å². The van der Waals surface area contributed by atoms with Crippen molar-refractivity contribution in [3.05, 3.63) is 41.7 Å². The fourth-order valence-electron chi connectivity index (χ4n) is 1.08. The average molecular weight is 206 g/mol. The first-order valence-corrected chi connectivity index (χ1v) is 5.44. The molecule has 0 spiro atoms. The minimum absolute atomic E-state index is 0.755. The molecule has 0 aliphatic carbocycles. The summed E-state index contributed by atoms with van der Waals surface area (Å²) in [6.45, 7) is 0. The summed E-state index contributed by atoms with van der Waals surface area (Å²) in [5.74, 6) is 2.53. The molecule has 1 heterocycles. The zero-order valence-corrected chi connectivity index (χ0v) is 8.37. The van der Waals surface area contributed by atoms with Crippen LogP contribution in [-0.2, 0) is 11.5 Å². The number of aromatic nitrogens is 4. The van der Waals surface area contributed by atoms with Crippen molar-refractivity contribution in [3.63, 3.8) is 0 Å². The van der Waals surface area contributed by atoms with Crippen LogP contribution in [0.4, 0.5) is 0 Å². The fourth-order valence-corrected chi connectivity index (χ4v) is 1.91. The zero-order valence-electron chi connectivity index (χ0n) is 7.55. The van der Waals surface area contributed by atoms with Crippen molar-refractivity contribution in [1.29, 1.82) is 0 Å². The fraction of sp³-hybridized carbons (Fsp3) is 0.222. The van der Waals surface area contributed by atoms with Crippen molar-refractivity contribution >= 4 is 11.8 Å². The molecule has 0 saturated carbocycles. The van der Waals surface area contributed by atoms with Gasteiger partial charge in [-0.3, -0.25) is 0 Å². The van der Waals surface area contributed by atoms with Crippen LogP contribution in [0.1, 0.15) is 11.4 Å². The van der Waals surface area contributed by atoms with Crippen LogP contribution in [0.25, 0.3) is 0 Å². The predicted molar refractivity (Wildman–Crippen MR) is 55.6 cm³/mol. The molecule has 72 valence electrons. The first-order valence-electron chi connectivity index (χ1n) is 4.29. The summed E-state index contributed by atoms with van der Waals surface area (Å²) in [6.07, 6.45) is 0. The third-order valence-corrected chi connectivity index (χ3v) is 2.73. The van der Waals surface area contributed by atoms with E-state index >= 15 is 0 Å². The topological polar surface area (TPSA) is 54.5 Å². The van der Waals surface area contributed by atoms with Crippen molar-refractivity contribution in [1.82, 2.24) is 20.6 Å². The Hall–Kier alpha value is -1.36. The van der Waals surface area contributed by atoms with Crippen LogP contribution in [0.3, 0.4) is 0 Å². The number of benzene rings is 1. The Bertz CT molecular complexity index is 360. The van der Waals surface area contributed by atoms with Crippen molar-refractivity contribution in [2.45, 2.75) is 11.5 Å². The third kappa shape index (κ3) is 2.56. The van der Waals surface area contributed by atoms with Crippen molar-refractivity contribution in [3.8, 4) is 0 Å². The summed E-state index contributed by atoms with van der Waals surface area (Å²) in [5, 5.41) is 13.7. The number of nitrogens with zero attached hydrogens (tertiary/aromatic N) is 3. The Labute approximate surface area is 86.1 Å². The average Bonchev–Trinajstić information content (AvgIpc) is 2.72. The van der Waals surface area contributed by atoms with Gasteiger partial charge in [-0.2, -0.15) is 5.21 Å². The predicted octanol–water partition coefficient (Wildman–Crippen LogP) is 1.63. The molecule has 2 aromatic rings. The number of aromatic amines is 1. The van der Waals surface area contributed by atoms with E-state index in [-0.39, 0.29) is 0 Å². The largest absolute Gasteiger partial charge is 0.184 e. The molecule has 0 atom stereocenters. The van der Waals surface area contributed by atoms with Crippen LogP contribution < -0.4 is 0 Å². The molecule has 0 radical (unpaired) electrons. The number of rotatable bonds is 4. The highest BCUT2D eigenvalue weighted by Gasteiger charge is 1.98. The third-order valence-electron chi connectivity index (χ3n) is 1.73. The molecule has 1 aromatic carbocycles. The maximum Gasteiger partial charge on any atom is 0.184 e. The Morgan fingerprint density at radius 3 is 2.71 bits per heavy atom. The maximum atomic E-state index is 3.88. The lowest BCUT2D eigenvalue weighted by molar-refractivity contribution is 0.881. The second-order valence-corrected chi connectivity index (χ2v) is 3.79. The van der Waals surface area contributed by atoms with E-state index in [1.165, 1.54) is 5.56 Å². The number of hydrogen-bond donors (Lipinski definition) is 1. The molecule has 0 unspecified atom stereocenters. The standard InChI is InChI=1S/C9H10N4S/c1-2-4-8(5-3-1)6-14-7-9-10-12-13-11-9/h1-5H,6-7H2,(H,10,11,12,13). The Morgan fingerprint density at radius 2 is 2.00 bits per heavy atom. The number of thioether (sulfide) groups is 1. The molecular formula is C9H10N4S. The second kappa shape index (κ2) is 4.76. The lowest BCUT2D eigenvalue weighted by atomic mass is 10.2. The van der Waals surface area contributed by atoms with E-state index in [1.807, 2.05) is 18.2 Å². The van der Waals surface area contributed by atoms with Crippen molar-refractivity contribution in [2.75, 3.05) is 0 Å². The van der Waals surface area contributed by atoms with Gasteiger partial charge in [0, 0.05) is 5.75 Å². The number of nitrogens with one attached hydrogen (secondary N) is 1. The van der Waals surface area contributed by atoms with E-state index in [4.69, 9.17) is 0 Å². The molecule has 1 aromatic heterocycles. The first-order chi connectivity index (χ1) is 6.95. The van der Waals surface area contributed by atoms with Gasteiger partial charge in [0.05, 0.1) is 5.75 Å². The Morgan fingerprint density at radius 1 is 1.14 bits per heavy atom. The van der Waals surface area contributed by atoms with Gasteiger partial charge in [0.2, 0.25) is 0 Å². The van der Waals surface area contributed by atoms with Crippen LogP contribution in [-0.4, -0.2) is 20.6 Å². The van der Waals surface area contributed by atoms with Crippen LogP contribution >= 0.6 is 11.8 Å². The second-order valence-electron chi connectivity index (χ2n) is 2.81. The lowest BCUT2D eigenvalue weighted by Crippen LogP contribution is -1.85. The molecule has 14 heavy (non-hydrogen) atoms. The molecule has 0 bridgehead atoms. The Kier molecular flexibility index (Phi) is 3.13. The molecular weight excluding hydrogens is 196 g/mol. The van der Waals surface area contributed by atoms with Crippen molar-refractivity contribution in [2.24, 2.45) is 0 Å². The summed E-state index contributed by atoms with van der Waals surface area (Å²) in [7, 11) is 0. The normalized spacial score (nSPS) is 10.3. The van der Waals surface area contributed by atoms with E-state index in [9.17, 15) is 0 Å². The smallest absolute Gasteiger partial charge is 0.177 e. The summed E-state index contributed by atoms with van der Waals surface area (Å²) in [4.78, 5) is 0. The first kappa shape index (κ1) is 9.21. The molecule has 0 amide bonds. The van der Waals surface area contributed by atoms with E-state index < -0.39 is 0 Å². The number of H-pyrrole nitrogens is 1. The number of hydrogen-bond acceptors (Lipinski definition) is 4. The highest BCUT2D eigenvalue weighted by molar-refractivity contribution is 7.97. The van der Waals surface area contributed by atoms with E-state index in [1.54, 1.807) is 11.8 Å². The maximum absolute atomic E-state index is 3.88. The van der Waals surface area contributed by atoms with Gasteiger partial charge in [0.1, 0.15) is 0 Å². The summed E-state index contributed by atoms with van der Waals surface area (Å²) < 4.78 is 0. The van der Waals surface area contributed by atoms with Gasteiger partial charge in [-0.25, -0.2) is 0 Å². The van der Waals surface area contributed by atoms with Gasteiger partial charge in [-0.15, -0.1) is 22.0 Å². The van der Waals surface area contributed by atoms with Crippen LogP contribution in [0.2, 0.25) is 0 Å². The molecule has 2 rings (SSSR count). The van der Waals surface area contributed by atoms with Crippen LogP contribution in [0.15, 0.2) is 30.3 Å². The molecule has 0 aliphatic heterocycles. The van der Waals surface area contributed by atoms with E-state index in [0.717, 1.165) is 17.3 Å². The molecule has 0 fully saturated rings. The highest BCUT2D eigenvalue weighted by atomic mass is 32.2. The SMILES string of the molecule is c1ccc(CSCc2nn[nH]n2)cc1. The molecule has 4 nitrogen and oxygen atoms in total. The van der Waals surface area contributed by atoms with Crippen molar-refractivity contribution < 1.29 is 0 Å². The summed E-state index contributed by atoms with van der Waals surface area (Å²) in [6, 6.07) is 10.3. The number of tetrazole rings is 1. The lowest BCUT2D eigenvalue weighted by Gasteiger charge is -1.97. The highest BCUT2D eigenvalue weighted by Crippen LogP contribution is 2.14. The quantitative estimate of drug-likeness (QED) is 0.826. The van der Waals surface area contributed by atoms with Crippen LogP contribution in [0, 0.1) is 0 Å². The van der Waals surface area contributed by atoms with E-state index in [0.29, 0.717) is 0 Å². The molecule has 5 heteroatoms. The monoisotopic (exact) mass is 206 g/mol. The summed E-state index contributed by atoms with van der Waals surface area (Å²) >= 11 is 1.78. The van der Waals surface area contributed by atoms with E-state index in [2.05, 4.69) is 32.8 Å². The van der Waals surface area contributed by atoms with Gasteiger partial charge in [0.25, 0.3) is 0 Å². The Balaban J connectivity index is 1.79.